The Labute approximate surface area is 259 Å². The first kappa shape index (κ1) is 33.3. The molecule has 0 aliphatic carbocycles. The third-order valence-electron chi connectivity index (χ3n) is 8.29. The molecule has 1 aliphatic heterocycles. The van der Waals surface area contributed by atoms with Gasteiger partial charge in [-0.05, 0) is 105 Å². The summed E-state index contributed by atoms with van der Waals surface area (Å²) in [5.41, 5.74) is 3.05. The van der Waals surface area contributed by atoms with E-state index in [1.807, 2.05) is 39.0 Å². The van der Waals surface area contributed by atoms with Crippen molar-refractivity contribution in [1.82, 2.24) is 15.5 Å². The second-order valence-electron chi connectivity index (χ2n) is 12.1. The number of aryl methyl sites for hydroxylation is 1. The minimum absolute atomic E-state index is 0.0293. The van der Waals surface area contributed by atoms with Gasteiger partial charge in [0.25, 0.3) is 11.8 Å². The predicted molar refractivity (Wildman–Crippen MR) is 170 cm³/mol. The second kappa shape index (κ2) is 15.9. The number of amides is 2. The van der Waals surface area contributed by atoms with Crippen molar-refractivity contribution in [2.75, 3.05) is 19.6 Å². The van der Waals surface area contributed by atoms with Crippen molar-refractivity contribution >= 4 is 11.8 Å². The highest BCUT2D eigenvalue weighted by Gasteiger charge is 2.33. The lowest BCUT2D eigenvalue weighted by Gasteiger charge is -2.37. The number of hydrogen-bond donors (Lipinski definition) is 3. The third-order valence-corrected chi connectivity index (χ3v) is 8.29. The van der Waals surface area contributed by atoms with Crippen molar-refractivity contribution in [3.05, 3.63) is 106 Å². The van der Waals surface area contributed by atoms with Crippen molar-refractivity contribution in [3.8, 4) is 0 Å². The Morgan fingerprint density at radius 3 is 2.27 bits per heavy atom. The van der Waals surface area contributed by atoms with Gasteiger partial charge in [0, 0.05) is 36.3 Å². The highest BCUT2D eigenvalue weighted by molar-refractivity contribution is 6.00. The third kappa shape index (κ3) is 9.19. The number of carbonyl (C=O) groups excluding carboxylic acids is 2. The van der Waals surface area contributed by atoms with Crippen molar-refractivity contribution < 1.29 is 23.5 Å². The van der Waals surface area contributed by atoms with Gasteiger partial charge in [0.1, 0.15) is 11.6 Å². The van der Waals surface area contributed by atoms with Gasteiger partial charge in [-0.3, -0.25) is 9.59 Å². The van der Waals surface area contributed by atoms with E-state index >= 15 is 0 Å². The van der Waals surface area contributed by atoms with Crippen LogP contribution in [-0.4, -0.2) is 59.6 Å². The molecule has 3 N–H and O–H groups in total. The summed E-state index contributed by atoms with van der Waals surface area (Å²) >= 11 is 0. The average Bonchev–Trinajstić information content (AvgIpc) is 2.99. The highest BCUT2D eigenvalue weighted by atomic mass is 19.1. The predicted octanol–water partition coefficient (Wildman–Crippen LogP) is 5.85. The normalized spacial score (nSPS) is 18.0. The van der Waals surface area contributed by atoms with Crippen molar-refractivity contribution in [2.45, 2.75) is 77.5 Å². The summed E-state index contributed by atoms with van der Waals surface area (Å²) in [4.78, 5) is 28.8. The van der Waals surface area contributed by atoms with Crippen LogP contribution >= 0.6 is 0 Å². The number of hydrogen-bond acceptors (Lipinski definition) is 4. The minimum Gasteiger partial charge on any atom is -0.389 e. The quantitative estimate of drug-likeness (QED) is 0.228. The van der Waals surface area contributed by atoms with Gasteiger partial charge in [-0.2, -0.15) is 0 Å². The molecule has 6 nitrogen and oxygen atoms in total. The summed E-state index contributed by atoms with van der Waals surface area (Å²) < 4.78 is 28.2. The van der Waals surface area contributed by atoms with E-state index in [4.69, 9.17) is 0 Å². The highest BCUT2D eigenvalue weighted by Crippen LogP contribution is 2.25. The molecular weight excluding hydrogens is 560 g/mol. The van der Waals surface area contributed by atoms with Gasteiger partial charge in [0.05, 0.1) is 12.1 Å². The van der Waals surface area contributed by atoms with Gasteiger partial charge in [-0.15, -0.1) is 0 Å². The molecule has 0 radical (unpaired) electrons. The van der Waals surface area contributed by atoms with Crippen LogP contribution in [0.1, 0.15) is 76.9 Å². The molecule has 0 aromatic heterocycles. The van der Waals surface area contributed by atoms with Gasteiger partial charge in [-0.1, -0.05) is 44.2 Å². The molecule has 0 bridgehead atoms. The fourth-order valence-electron chi connectivity index (χ4n) is 6.27. The van der Waals surface area contributed by atoms with Gasteiger partial charge in [-0.25, -0.2) is 8.78 Å². The lowest BCUT2D eigenvalue weighted by Crippen LogP contribution is -2.56. The molecule has 44 heavy (non-hydrogen) atoms. The van der Waals surface area contributed by atoms with Gasteiger partial charge >= 0.3 is 0 Å². The van der Waals surface area contributed by atoms with Crippen molar-refractivity contribution in [2.24, 2.45) is 5.92 Å². The number of aliphatic hydroxyl groups excluding tert-OH is 1. The van der Waals surface area contributed by atoms with E-state index in [0.29, 0.717) is 48.7 Å². The Bertz CT molecular complexity index is 1370. The van der Waals surface area contributed by atoms with E-state index in [1.54, 1.807) is 23.1 Å². The number of halogens is 2. The summed E-state index contributed by atoms with van der Waals surface area (Å²) in [5.74, 6) is -1.69. The summed E-state index contributed by atoms with van der Waals surface area (Å²) in [6, 6.07) is 17.4. The van der Waals surface area contributed by atoms with Crippen LogP contribution in [0.15, 0.2) is 66.7 Å². The van der Waals surface area contributed by atoms with E-state index < -0.39 is 29.7 Å². The monoisotopic (exact) mass is 605 g/mol. The zero-order chi connectivity index (χ0) is 31.6. The Balaban J connectivity index is 1.57. The molecule has 8 heteroatoms. The topological polar surface area (TPSA) is 81.7 Å². The molecule has 2 amide bonds. The van der Waals surface area contributed by atoms with E-state index in [-0.39, 0.29) is 18.4 Å². The van der Waals surface area contributed by atoms with Gasteiger partial charge in [0.2, 0.25) is 0 Å². The first-order valence-electron chi connectivity index (χ1n) is 15.8. The van der Waals surface area contributed by atoms with E-state index in [1.165, 1.54) is 17.7 Å². The molecule has 1 saturated heterocycles. The molecule has 236 valence electrons. The minimum atomic E-state index is -1.03. The molecule has 0 unspecified atom stereocenters. The first-order valence-corrected chi connectivity index (χ1v) is 15.8. The van der Waals surface area contributed by atoms with E-state index in [9.17, 15) is 23.5 Å². The standard InChI is InChI=1S/C36H45F2N3O3/c1-4-13-41(14-5-2)36(44)29-16-24(3)15-28(22-29)35(43)40-33(21-27-18-30(37)23-31(38)19-27)34(42)32-20-26(11-12-39-32)17-25-9-7-6-8-10-25/h6-10,15-16,18-19,22-23,26,32-34,39,42H,4-5,11-14,17,20-21H2,1-3H3,(H,40,43)/t26-,32-,33+,34-/m1/s1. The fourth-order valence-corrected chi connectivity index (χ4v) is 6.27. The van der Waals surface area contributed by atoms with Crippen LogP contribution in [-0.2, 0) is 12.8 Å². The molecule has 0 spiro atoms. The number of rotatable bonds is 13. The number of carbonyl (C=O) groups is 2. The molecule has 1 heterocycles. The smallest absolute Gasteiger partial charge is 0.253 e. The summed E-state index contributed by atoms with van der Waals surface area (Å²) in [5, 5.41) is 18.0. The Morgan fingerprint density at radius 1 is 0.955 bits per heavy atom. The summed E-state index contributed by atoms with van der Waals surface area (Å²) in [6.07, 6.45) is 3.18. The maximum absolute atomic E-state index is 14.1. The summed E-state index contributed by atoms with van der Waals surface area (Å²) in [6.45, 7) is 7.83. The lowest BCUT2D eigenvalue weighted by atomic mass is 9.83. The number of benzene rings is 3. The molecule has 3 aromatic carbocycles. The first-order chi connectivity index (χ1) is 21.2. The molecule has 0 saturated carbocycles. The maximum atomic E-state index is 14.1. The summed E-state index contributed by atoms with van der Waals surface area (Å²) in [7, 11) is 0. The zero-order valence-corrected chi connectivity index (χ0v) is 26.0. The van der Waals surface area contributed by atoms with Crippen LogP contribution in [0.25, 0.3) is 0 Å². The average molecular weight is 606 g/mol. The molecule has 4 atom stereocenters. The van der Waals surface area contributed by atoms with Crippen LogP contribution < -0.4 is 10.6 Å². The fraction of sp³-hybridized carbons (Fsp3) is 0.444. The van der Waals surface area contributed by atoms with Crippen LogP contribution in [0.2, 0.25) is 0 Å². The second-order valence-corrected chi connectivity index (χ2v) is 12.1. The largest absolute Gasteiger partial charge is 0.389 e. The molecule has 3 aromatic rings. The number of nitrogens with one attached hydrogen (secondary N) is 2. The Morgan fingerprint density at radius 2 is 1.61 bits per heavy atom. The number of aliphatic hydroxyl groups is 1. The van der Waals surface area contributed by atoms with Crippen molar-refractivity contribution in [3.63, 3.8) is 0 Å². The lowest BCUT2D eigenvalue weighted by molar-refractivity contribution is 0.0576. The molecule has 1 fully saturated rings. The number of nitrogens with zero attached hydrogens (tertiary/aromatic N) is 1. The Hall–Kier alpha value is -3.62. The van der Waals surface area contributed by atoms with Gasteiger partial charge < -0.3 is 20.6 Å². The van der Waals surface area contributed by atoms with Crippen LogP contribution in [0.5, 0.6) is 0 Å². The van der Waals surface area contributed by atoms with Crippen LogP contribution in [0, 0.1) is 24.5 Å². The van der Waals surface area contributed by atoms with E-state index in [2.05, 4.69) is 22.8 Å². The van der Waals surface area contributed by atoms with E-state index in [0.717, 1.165) is 37.3 Å². The number of piperidine rings is 1. The SMILES string of the molecule is CCCN(CCC)C(=O)c1cc(C)cc(C(=O)N[C@@H](Cc2cc(F)cc(F)c2)[C@H](O)[C@H]2C[C@@H](Cc3ccccc3)CCN2)c1. The molecule has 4 rings (SSSR count). The molecule has 1 aliphatic rings. The van der Waals surface area contributed by atoms with Gasteiger partial charge in [0.15, 0.2) is 0 Å². The van der Waals surface area contributed by atoms with Crippen molar-refractivity contribution in [1.29, 1.82) is 0 Å². The van der Waals surface area contributed by atoms with Crippen LogP contribution in [0.3, 0.4) is 0 Å². The zero-order valence-electron chi connectivity index (χ0n) is 26.0. The molecular formula is C36H45F2N3O3. The maximum Gasteiger partial charge on any atom is 0.253 e. The Kier molecular flexibility index (Phi) is 12.0. The van der Waals surface area contributed by atoms with Crippen LogP contribution in [0.4, 0.5) is 8.78 Å².